The molecular formula is C20H22BrClN2O2S. The van der Waals surface area contributed by atoms with Gasteiger partial charge in [-0.2, -0.15) is 0 Å². The molecule has 144 valence electrons. The lowest BCUT2D eigenvalue weighted by atomic mass is 10.1. The molecule has 27 heavy (non-hydrogen) atoms. The third-order valence-corrected chi connectivity index (χ3v) is 6.74. The topological polar surface area (TPSA) is 42.4 Å². The summed E-state index contributed by atoms with van der Waals surface area (Å²) >= 11 is 9.91. The van der Waals surface area contributed by atoms with Gasteiger partial charge in [-0.25, -0.2) is 15.0 Å². The summed E-state index contributed by atoms with van der Waals surface area (Å²) in [6.07, 6.45) is 10.2. The first-order valence-corrected chi connectivity index (χ1v) is 12.6. The van der Waals surface area contributed by atoms with Crippen molar-refractivity contribution in [3.63, 3.8) is 0 Å². The van der Waals surface area contributed by atoms with Crippen molar-refractivity contribution in [2.45, 2.75) is 0 Å². The largest absolute Gasteiger partial charge is 0.360 e. The van der Waals surface area contributed by atoms with E-state index in [1.165, 1.54) is 0 Å². The zero-order valence-electron chi connectivity index (χ0n) is 15.5. The minimum Gasteiger partial charge on any atom is -0.360 e. The predicted octanol–water partition coefficient (Wildman–Crippen LogP) is 5.05. The van der Waals surface area contributed by atoms with Gasteiger partial charge in [-0.1, -0.05) is 41.9 Å². The van der Waals surface area contributed by atoms with Crippen LogP contribution in [0.5, 0.6) is 0 Å². The average Bonchev–Trinajstić information content (AvgIpc) is 2.88. The number of carbonyl (C=O) groups excluding carboxylic acids is 1. The molecule has 0 spiro atoms. The van der Waals surface area contributed by atoms with Gasteiger partial charge in [0.15, 0.2) is 0 Å². The van der Waals surface area contributed by atoms with Crippen LogP contribution in [0.1, 0.15) is 11.1 Å². The number of rotatable bonds is 6. The minimum atomic E-state index is -0.640. The van der Waals surface area contributed by atoms with E-state index in [1.54, 1.807) is 11.1 Å². The molecule has 1 aromatic heterocycles. The zero-order valence-corrected chi connectivity index (χ0v) is 18.7. The summed E-state index contributed by atoms with van der Waals surface area (Å²) in [7, 11) is -0.640. The number of pyridine rings is 1. The number of anilines is 1. The second-order valence-electron chi connectivity index (χ2n) is 7.15. The molecule has 0 fully saturated rings. The van der Waals surface area contributed by atoms with Gasteiger partial charge in [-0.3, -0.25) is 9.69 Å². The van der Waals surface area contributed by atoms with Crippen LogP contribution in [0, 0.1) is 0 Å². The third kappa shape index (κ3) is 4.74. The monoisotopic (exact) mass is 468 g/mol. The van der Waals surface area contributed by atoms with Crippen molar-refractivity contribution in [2.24, 2.45) is 0 Å². The molecule has 0 radical (unpaired) electrons. The molecule has 0 aliphatic carbocycles. The van der Waals surface area contributed by atoms with E-state index < -0.39 is 10.0 Å². The smallest absolute Gasteiger partial charge is 0.262 e. The molecule has 2 aromatic rings. The molecule has 1 amide bonds. The Labute approximate surface area is 175 Å². The Morgan fingerprint density at radius 2 is 1.96 bits per heavy atom. The number of nitrogens with zero attached hydrogens (tertiary/aromatic N) is 2. The van der Waals surface area contributed by atoms with Crippen molar-refractivity contribution in [1.82, 2.24) is 4.98 Å². The average molecular weight is 470 g/mol. The second kappa shape index (κ2) is 8.35. The second-order valence-corrected chi connectivity index (χ2v) is 13.0. The minimum absolute atomic E-state index is 0.149. The summed E-state index contributed by atoms with van der Waals surface area (Å²) < 4.78 is 6.45. The fourth-order valence-electron chi connectivity index (χ4n) is 2.68. The van der Waals surface area contributed by atoms with Crippen LogP contribution in [0.4, 0.5) is 5.82 Å². The van der Waals surface area contributed by atoms with Crippen LogP contribution in [0.15, 0.2) is 41.0 Å². The molecule has 0 unspecified atom stereocenters. The van der Waals surface area contributed by atoms with Gasteiger partial charge in [0, 0.05) is 11.9 Å². The van der Waals surface area contributed by atoms with Gasteiger partial charge in [-0.05, 0) is 46.3 Å². The number of carbonyl (C=O) groups is 1. The van der Waals surface area contributed by atoms with E-state index in [2.05, 4.69) is 39.7 Å². The SMILES string of the molecule is CS(C)(C)CCOCN1C(=O)/C(=C\c2ccccc2)c2c1ncc(Br)c2Cl. The maximum Gasteiger partial charge on any atom is 0.262 e. The number of aromatic nitrogens is 1. The van der Waals surface area contributed by atoms with E-state index in [9.17, 15) is 4.79 Å². The number of hydrogen-bond acceptors (Lipinski definition) is 3. The molecule has 2 heterocycles. The van der Waals surface area contributed by atoms with Gasteiger partial charge >= 0.3 is 0 Å². The molecule has 1 aromatic carbocycles. The van der Waals surface area contributed by atoms with Crippen molar-refractivity contribution >= 4 is 60.9 Å². The molecule has 0 saturated carbocycles. The zero-order chi connectivity index (χ0) is 19.6. The Kier molecular flexibility index (Phi) is 6.31. The molecule has 0 atom stereocenters. The van der Waals surface area contributed by atoms with Crippen LogP contribution in [0.3, 0.4) is 0 Å². The van der Waals surface area contributed by atoms with E-state index in [-0.39, 0.29) is 12.6 Å². The number of fused-ring (bicyclic) bond motifs is 1. The summed E-state index contributed by atoms with van der Waals surface area (Å²) in [5.74, 6) is 1.38. The summed E-state index contributed by atoms with van der Waals surface area (Å²) in [5.41, 5.74) is 2.10. The van der Waals surface area contributed by atoms with Crippen LogP contribution in [-0.2, 0) is 9.53 Å². The number of ether oxygens (including phenoxy) is 1. The van der Waals surface area contributed by atoms with E-state index >= 15 is 0 Å². The molecular weight excluding hydrogens is 448 g/mol. The maximum atomic E-state index is 13.1. The standard InChI is InChI=1S/C20H22BrClN2O2S/c1-27(2,3)10-9-26-13-24-19-17(18(22)16(21)12-23-19)15(20(24)25)11-14-7-5-4-6-8-14/h4-8,11-12H,9-10,13H2,1-3H3/b15-11-. The number of hydrogen-bond donors (Lipinski definition) is 0. The first-order valence-electron chi connectivity index (χ1n) is 8.44. The molecule has 1 aliphatic rings. The summed E-state index contributed by atoms with van der Waals surface area (Å²) in [6, 6.07) is 9.70. The number of benzene rings is 1. The predicted molar refractivity (Wildman–Crippen MR) is 120 cm³/mol. The lowest BCUT2D eigenvalue weighted by molar-refractivity contribution is -0.114. The highest BCUT2D eigenvalue weighted by atomic mass is 79.9. The fourth-order valence-corrected chi connectivity index (χ4v) is 3.84. The van der Waals surface area contributed by atoms with Gasteiger partial charge in [-0.15, -0.1) is 0 Å². The Bertz CT molecular complexity index is 882. The molecule has 1 aliphatic heterocycles. The van der Waals surface area contributed by atoms with Crippen LogP contribution >= 0.6 is 37.6 Å². The summed E-state index contributed by atoms with van der Waals surface area (Å²) in [5, 5.41) is 0.483. The Balaban J connectivity index is 1.91. The van der Waals surface area contributed by atoms with Crippen molar-refractivity contribution in [1.29, 1.82) is 0 Å². The van der Waals surface area contributed by atoms with Crippen molar-refractivity contribution in [2.75, 3.05) is 42.8 Å². The van der Waals surface area contributed by atoms with Gasteiger partial charge in [0.2, 0.25) is 0 Å². The lowest BCUT2D eigenvalue weighted by Gasteiger charge is -2.25. The first kappa shape index (κ1) is 20.4. The van der Waals surface area contributed by atoms with Gasteiger partial charge in [0.25, 0.3) is 5.91 Å². The quantitative estimate of drug-likeness (QED) is 0.439. The molecule has 0 N–H and O–H groups in total. The molecule has 0 bridgehead atoms. The van der Waals surface area contributed by atoms with E-state index in [0.717, 1.165) is 11.3 Å². The highest BCUT2D eigenvalue weighted by Gasteiger charge is 2.36. The number of amides is 1. The Morgan fingerprint density at radius 1 is 1.26 bits per heavy atom. The maximum absolute atomic E-state index is 13.1. The Morgan fingerprint density at radius 3 is 2.63 bits per heavy atom. The Hall–Kier alpha value is -1.34. The van der Waals surface area contributed by atoms with Crippen molar-refractivity contribution < 1.29 is 9.53 Å². The van der Waals surface area contributed by atoms with Gasteiger partial charge < -0.3 is 4.74 Å². The van der Waals surface area contributed by atoms with Gasteiger partial charge in [0.05, 0.1) is 27.2 Å². The molecule has 0 saturated heterocycles. The fraction of sp³-hybridized carbons (Fsp3) is 0.300. The van der Waals surface area contributed by atoms with E-state index in [1.807, 2.05) is 36.4 Å². The highest BCUT2D eigenvalue weighted by molar-refractivity contribution is 9.10. The molecule has 4 nitrogen and oxygen atoms in total. The molecule has 3 rings (SSSR count). The van der Waals surface area contributed by atoms with Crippen LogP contribution in [-0.4, -0.2) is 48.7 Å². The first-order chi connectivity index (χ1) is 12.8. The highest BCUT2D eigenvalue weighted by Crippen LogP contribution is 2.43. The summed E-state index contributed by atoms with van der Waals surface area (Å²) in [6.45, 7) is 0.776. The normalized spacial score (nSPS) is 16.1. The van der Waals surface area contributed by atoms with Gasteiger partial charge in [0.1, 0.15) is 12.5 Å². The van der Waals surface area contributed by atoms with E-state index in [4.69, 9.17) is 16.3 Å². The number of halogens is 2. The van der Waals surface area contributed by atoms with Crippen LogP contribution in [0.2, 0.25) is 5.02 Å². The molecule has 7 heteroatoms. The van der Waals surface area contributed by atoms with E-state index in [0.29, 0.717) is 33.1 Å². The summed E-state index contributed by atoms with van der Waals surface area (Å²) in [4.78, 5) is 19.1. The van der Waals surface area contributed by atoms with Crippen LogP contribution in [0.25, 0.3) is 11.6 Å². The van der Waals surface area contributed by atoms with Crippen molar-refractivity contribution in [3.05, 3.63) is 57.2 Å². The van der Waals surface area contributed by atoms with Crippen molar-refractivity contribution in [3.8, 4) is 0 Å². The lowest BCUT2D eigenvalue weighted by Crippen LogP contribution is -2.30. The third-order valence-electron chi connectivity index (χ3n) is 4.12. The van der Waals surface area contributed by atoms with Crippen LogP contribution < -0.4 is 4.90 Å².